The summed E-state index contributed by atoms with van der Waals surface area (Å²) in [6.45, 7) is 0. The first-order valence-electron chi connectivity index (χ1n) is 6.98. The van der Waals surface area contributed by atoms with Gasteiger partial charge in [-0.1, -0.05) is 6.42 Å². The van der Waals surface area contributed by atoms with Crippen molar-refractivity contribution in [3.63, 3.8) is 0 Å². The number of halogens is 4. The maximum absolute atomic E-state index is 13.4. The van der Waals surface area contributed by atoms with Crippen molar-refractivity contribution in [2.75, 3.05) is 7.11 Å². The van der Waals surface area contributed by atoms with E-state index in [9.17, 15) is 17.6 Å². The quantitative estimate of drug-likeness (QED) is 0.849. The lowest BCUT2D eigenvalue weighted by molar-refractivity contribution is -0.186. The Labute approximate surface area is 121 Å². The first kappa shape index (κ1) is 16.1. The molecule has 1 aliphatic carbocycles. The third-order valence-electron chi connectivity index (χ3n) is 4.24. The maximum Gasteiger partial charge on any atom is 0.391 e. The molecule has 1 aliphatic rings. The van der Waals surface area contributed by atoms with Crippen LogP contribution in [0.1, 0.15) is 37.3 Å². The molecular formula is C15H19F4NO. The molecule has 0 aromatic heterocycles. The summed E-state index contributed by atoms with van der Waals surface area (Å²) >= 11 is 0. The molecule has 0 radical (unpaired) electrons. The molecule has 21 heavy (non-hydrogen) atoms. The van der Waals surface area contributed by atoms with Gasteiger partial charge in [-0.15, -0.1) is 0 Å². The van der Waals surface area contributed by atoms with Crippen LogP contribution in [0.4, 0.5) is 17.6 Å². The van der Waals surface area contributed by atoms with Gasteiger partial charge in [0.05, 0.1) is 13.0 Å². The predicted octanol–water partition coefficient (Wildman–Crippen LogP) is 4.20. The predicted molar refractivity (Wildman–Crippen MR) is 71.4 cm³/mol. The van der Waals surface area contributed by atoms with Gasteiger partial charge < -0.3 is 10.5 Å². The van der Waals surface area contributed by atoms with Crippen LogP contribution in [0, 0.1) is 17.7 Å². The number of rotatable bonds is 3. The molecule has 0 amide bonds. The van der Waals surface area contributed by atoms with Crippen molar-refractivity contribution in [3.8, 4) is 5.75 Å². The molecule has 2 nitrogen and oxygen atoms in total. The van der Waals surface area contributed by atoms with Gasteiger partial charge in [0.25, 0.3) is 0 Å². The molecule has 1 aromatic carbocycles. The number of alkyl halides is 3. The molecule has 1 saturated carbocycles. The minimum absolute atomic E-state index is 0.00959. The third-order valence-corrected chi connectivity index (χ3v) is 4.24. The Bertz CT molecular complexity index is 489. The fraction of sp³-hybridized carbons (Fsp3) is 0.600. The highest BCUT2D eigenvalue weighted by atomic mass is 19.4. The van der Waals surface area contributed by atoms with E-state index in [4.69, 9.17) is 10.5 Å². The Balaban J connectivity index is 2.19. The normalized spacial score (nSPS) is 24.7. The molecule has 0 heterocycles. The molecule has 1 fully saturated rings. The van der Waals surface area contributed by atoms with Crippen molar-refractivity contribution in [2.24, 2.45) is 17.6 Å². The lowest BCUT2D eigenvalue weighted by Crippen LogP contribution is -2.33. The van der Waals surface area contributed by atoms with E-state index in [2.05, 4.69) is 0 Å². The largest absolute Gasteiger partial charge is 0.496 e. The van der Waals surface area contributed by atoms with Crippen LogP contribution in [0.2, 0.25) is 0 Å². The zero-order valence-corrected chi connectivity index (χ0v) is 11.8. The summed E-state index contributed by atoms with van der Waals surface area (Å²) in [6, 6.07) is 3.30. The first-order valence-corrected chi connectivity index (χ1v) is 6.98. The summed E-state index contributed by atoms with van der Waals surface area (Å²) in [6.07, 6.45) is -2.95. The Morgan fingerprint density at radius 1 is 1.29 bits per heavy atom. The molecule has 1 aromatic rings. The maximum atomic E-state index is 13.4. The average Bonchev–Trinajstić information content (AvgIpc) is 2.45. The van der Waals surface area contributed by atoms with Crippen LogP contribution in [-0.2, 0) is 0 Å². The number of ether oxygens (including phenoxy) is 1. The summed E-state index contributed by atoms with van der Waals surface area (Å²) in [5, 5.41) is 0. The van der Waals surface area contributed by atoms with E-state index in [0.717, 1.165) is 0 Å². The van der Waals surface area contributed by atoms with Gasteiger partial charge in [-0.3, -0.25) is 0 Å². The van der Waals surface area contributed by atoms with Gasteiger partial charge in [0.1, 0.15) is 11.6 Å². The summed E-state index contributed by atoms with van der Waals surface area (Å²) in [4.78, 5) is 0. The van der Waals surface area contributed by atoms with Gasteiger partial charge in [0.2, 0.25) is 0 Å². The molecule has 3 unspecified atom stereocenters. The second kappa shape index (κ2) is 6.22. The Hall–Kier alpha value is -1.30. The highest BCUT2D eigenvalue weighted by Crippen LogP contribution is 2.44. The molecule has 2 N–H and O–H groups in total. The van der Waals surface area contributed by atoms with Gasteiger partial charge in [-0.2, -0.15) is 13.2 Å². The van der Waals surface area contributed by atoms with Gasteiger partial charge in [0.15, 0.2) is 0 Å². The first-order chi connectivity index (χ1) is 9.82. The van der Waals surface area contributed by atoms with E-state index >= 15 is 0 Å². The monoisotopic (exact) mass is 305 g/mol. The van der Waals surface area contributed by atoms with Crippen LogP contribution >= 0.6 is 0 Å². The van der Waals surface area contributed by atoms with Crippen molar-refractivity contribution in [3.05, 3.63) is 29.6 Å². The Morgan fingerprint density at radius 2 is 2.00 bits per heavy atom. The molecular weight excluding hydrogens is 286 g/mol. The van der Waals surface area contributed by atoms with Crippen molar-refractivity contribution in [1.29, 1.82) is 0 Å². The van der Waals surface area contributed by atoms with Gasteiger partial charge >= 0.3 is 6.18 Å². The summed E-state index contributed by atoms with van der Waals surface area (Å²) < 4.78 is 57.1. The van der Waals surface area contributed by atoms with E-state index in [1.807, 2.05) is 0 Å². The molecule has 0 saturated heterocycles. The molecule has 2 rings (SSSR count). The third kappa shape index (κ3) is 3.67. The smallest absolute Gasteiger partial charge is 0.391 e. The lowest BCUT2D eigenvalue weighted by Gasteiger charge is -2.34. The minimum atomic E-state index is -4.19. The van der Waals surface area contributed by atoms with Crippen LogP contribution in [0.15, 0.2) is 18.2 Å². The summed E-state index contributed by atoms with van der Waals surface area (Å²) in [5.41, 5.74) is 6.54. The molecule has 0 aliphatic heterocycles. The van der Waals surface area contributed by atoms with Crippen LogP contribution in [0.25, 0.3) is 0 Å². The minimum Gasteiger partial charge on any atom is -0.496 e. The Kier molecular flexibility index (Phi) is 4.76. The van der Waals surface area contributed by atoms with Crippen LogP contribution in [0.5, 0.6) is 5.75 Å². The standard InChI is InChI=1S/C15H19F4NO/c1-21-13-6-5-11(16)8-12(13)14(20)9-3-2-4-10(7-9)15(17,18)19/h5-6,8-10,14H,2-4,7,20H2,1H3. The van der Waals surface area contributed by atoms with Crippen LogP contribution in [-0.4, -0.2) is 13.3 Å². The molecule has 3 atom stereocenters. The van der Waals surface area contributed by atoms with E-state index in [-0.39, 0.29) is 18.8 Å². The highest BCUT2D eigenvalue weighted by Gasteiger charge is 2.43. The summed E-state index contributed by atoms with van der Waals surface area (Å²) in [7, 11) is 1.43. The number of hydrogen-bond donors (Lipinski definition) is 1. The zero-order valence-electron chi connectivity index (χ0n) is 11.8. The van der Waals surface area contributed by atoms with E-state index in [0.29, 0.717) is 24.2 Å². The second-order valence-corrected chi connectivity index (χ2v) is 5.58. The molecule has 0 spiro atoms. The topological polar surface area (TPSA) is 35.2 Å². The van der Waals surface area contributed by atoms with Crippen molar-refractivity contribution < 1.29 is 22.3 Å². The van der Waals surface area contributed by atoms with E-state index in [1.165, 1.54) is 25.3 Å². The van der Waals surface area contributed by atoms with Crippen LogP contribution < -0.4 is 10.5 Å². The molecule has 118 valence electrons. The Morgan fingerprint density at radius 3 is 2.62 bits per heavy atom. The van der Waals surface area contributed by atoms with Crippen LogP contribution in [0.3, 0.4) is 0 Å². The van der Waals surface area contributed by atoms with Crippen molar-refractivity contribution in [1.82, 2.24) is 0 Å². The summed E-state index contributed by atoms with van der Waals surface area (Å²) in [5.74, 6) is -1.69. The van der Waals surface area contributed by atoms with E-state index in [1.54, 1.807) is 0 Å². The van der Waals surface area contributed by atoms with Crippen molar-refractivity contribution >= 4 is 0 Å². The number of methoxy groups -OCH3 is 1. The van der Waals surface area contributed by atoms with Crippen molar-refractivity contribution in [2.45, 2.75) is 37.9 Å². The van der Waals surface area contributed by atoms with Gasteiger partial charge in [-0.25, -0.2) is 4.39 Å². The highest BCUT2D eigenvalue weighted by molar-refractivity contribution is 5.36. The lowest BCUT2D eigenvalue weighted by atomic mass is 9.76. The SMILES string of the molecule is COc1ccc(F)cc1C(N)C1CCCC(C(F)(F)F)C1. The number of nitrogens with two attached hydrogens (primary N) is 1. The fourth-order valence-electron chi connectivity index (χ4n) is 3.07. The zero-order chi connectivity index (χ0) is 15.6. The average molecular weight is 305 g/mol. The number of hydrogen-bond acceptors (Lipinski definition) is 2. The van der Waals surface area contributed by atoms with Gasteiger partial charge in [0, 0.05) is 11.6 Å². The molecule has 6 heteroatoms. The second-order valence-electron chi connectivity index (χ2n) is 5.58. The van der Waals surface area contributed by atoms with E-state index < -0.39 is 24.0 Å². The number of benzene rings is 1. The molecule has 0 bridgehead atoms. The van der Waals surface area contributed by atoms with Gasteiger partial charge in [-0.05, 0) is 43.4 Å². The fourth-order valence-corrected chi connectivity index (χ4v) is 3.07.